The van der Waals surface area contributed by atoms with Crippen molar-refractivity contribution in [2.24, 2.45) is 0 Å². The molecule has 2 aromatic rings. The lowest BCUT2D eigenvalue weighted by atomic mass is 10.2. The van der Waals surface area contributed by atoms with Gasteiger partial charge in [-0.2, -0.15) is 5.26 Å². The summed E-state index contributed by atoms with van der Waals surface area (Å²) in [6.45, 7) is 0.547. The largest absolute Gasteiger partial charge is 0.395 e. The minimum atomic E-state index is 0.0561. The van der Waals surface area contributed by atoms with Gasteiger partial charge in [0.1, 0.15) is 24.0 Å². The maximum Gasteiger partial charge on any atom is 0.135 e. The van der Waals surface area contributed by atoms with Crippen molar-refractivity contribution < 1.29 is 5.11 Å². The topological polar surface area (TPSA) is 85.1 Å². The predicted octanol–water partition coefficient (Wildman–Crippen LogP) is 1.52. The maximum absolute atomic E-state index is 9.05. The van der Waals surface area contributed by atoms with Gasteiger partial charge < -0.3 is 15.3 Å². The Hall–Kier alpha value is -2.65. The third kappa shape index (κ3) is 3.22. The molecule has 1 aromatic heterocycles. The molecule has 1 aromatic carbocycles. The second-order valence-electron chi connectivity index (χ2n) is 4.19. The molecular formula is C14H15N5O. The van der Waals surface area contributed by atoms with Crippen LogP contribution in [0.4, 0.5) is 17.3 Å². The Bertz CT molecular complexity index is 623. The summed E-state index contributed by atoms with van der Waals surface area (Å²) >= 11 is 0. The van der Waals surface area contributed by atoms with Crippen molar-refractivity contribution in [1.82, 2.24) is 9.97 Å². The normalized spacial score (nSPS) is 9.85. The molecule has 0 bridgehead atoms. The van der Waals surface area contributed by atoms with Gasteiger partial charge in [0.25, 0.3) is 0 Å². The standard InChI is InChI=1S/C14H15N5O/c1-19(6-7-20)14-8-13(16-10-17-14)18-12-5-3-2-4-11(12)9-15/h2-5,8,10,20H,6-7H2,1H3,(H,16,17,18). The predicted molar refractivity (Wildman–Crippen MR) is 76.8 cm³/mol. The first-order valence-electron chi connectivity index (χ1n) is 6.15. The number of aliphatic hydroxyl groups excluding tert-OH is 1. The first-order chi connectivity index (χ1) is 9.74. The van der Waals surface area contributed by atoms with Gasteiger partial charge in [0.05, 0.1) is 17.9 Å². The summed E-state index contributed by atoms with van der Waals surface area (Å²) in [7, 11) is 1.84. The van der Waals surface area contributed by atoms with Crippen LogP contribution in [0.25, 0.3) is 0 Å². The molecule has 0 fully saturated rings. The van der Waals surface area contributed by atoms with Gasteiger partial charge in [0.2, 0.25) is 0 Å². The molecule has 2 rings (SSSR count). The van der Waals surface area contributed by atoms with Crippen LogP contribution in [0.15, 0.2) is 36.7 Å². The number of nitriles is 1. The number of nitrogens with one attached hydrogen (secondary N) is 1. The third-order valence-corrected chi connectivity index (χ3v) is 2.79. The summed E-state index contributed by atoms with van der Waals surface area (Å²) in [5.41, 5.74) is 1.25. The van der Waals surface area contributed by atoms with Gasteiger partial charge in [-0.3, -0.25) is 0 Å². The Morgan fingerprint density at radius 3 is 2.90 bits per heavy atom. The molecule has 0 spiro atoms. The molecule has 20 heavy (non-hydrogen) atoms. The summed E-state index contributed by atoms with van der Waals surface area (Å²) in [6.07, 6.45) is 1.44. The number of likely N-dealkylation sites (N-methyl/N-ethyl adjacent to an activating group) is 1. The van der Waals surface area contributed by atoms with Crippen LogP contribution >= 0.6 is 0 Å². The van der Waals surface area contributed by atoms with E-state index in [4.69, 9.17) is 10.4 Å². The van der Waals surface area contributed by atoms with E-state index >= 15 is 0 Å². The fourth-order valence-corrected chi connectivity index (χ4v) is 1.72. The molecule has 102 valence electrons. The summed E-state index contributed by atoms with van der Waals surface area (Å²) in [6, 6.07) is 11.1. The first kappa shape index (κ1) is 13.8. The van der Waals surface area contributed by atoms with Gasteiger partial charge in [0.15, 0.2) is 0 Å². The Morgan fingerprint density at radius 2 is 2.15 bits per heavy atom. The fourth-order valence-electron chi connectivity index (χ4n) is 1.72. The Labute approximate surface area is 117 Å². The molecule has 0 radical (unpaired) electrons. The number of benzene rings is 1. The van der Waals surface area contributed by atoms with Gasteiger partial charge in [0, 0.05) is 19.7 Å². The SMILES string of the molecule is CN(CCO)c1cc(Nc2ccccc2C#N)ncn1. The number of hydrogen-bond acceptors (Lipinski definition) is 6. The molecule has 1 heterocycles. The highest BCUT2D eigenvalue weighted by Gasteiger charge is 2.06. The van der Waals surface area contributed by atoms with Crippen molar-refractivity contribution in [3.05, 3.63) is 42.2 Å². The van der Waals surface area contributed by atoms with Crippen molar-refractivity contribution in [1.29, 1.82) is 5.26 Å². The van der Waals surface area contributed by atoms with Crippen molar-refractivity contribution in [2.75, 3.05) is 30.4 Å². The Morgan fingerprint density at radius 1 is 1.35 bits per heavy atom. The quantitative estimate of drug-likeness (QED) is 0.856. The van der Waals surface area contributed by atoms with Crippen LogP contribution < -0.4 is 10.2 Å². The van der Waals surface area contributed by atoms with E-state index in [1.165, 1.54) is 6.33 Å². The summed E-state index contributed by atoms with van der Waals surface area (Å²) < 4.78 is 0. The van der Waals surface area contributed by atoms with E-state index in [0.717, 1.165) is 0 Å². The molecule has 0 aliphatic heterocycles. The summed E-state index contributed by atoms with van der Waals surface area (Å²) in [5.74, 6) is 1.30. The average molecular weight is 269 g/mol. The van der Waals surface area contributed by atoms with E-state index in [-0.39, 0.29) is 6.61 Å². The van der Waals surface area contributed by atoms with Crippen LogP contribution in [-0.4, -0.2) is 35.3 Å². The zero-order valence-corrected chi connectivity index (χ0v) is 11.1. The van der Waals surface area contributed by atoms with E-state index in [9.17, 15) is 0 Å². The number of hydrogen-bond donors (Lipinski definition) is 2. The van der Waals surface area contributed by atoms with E-state index in [1.54, 1.807) is 12.1 Å². The van der Waals surface area contributed by atoms with E-state index in [2.05, 4.69) is 21.4 Å². The third-order valence-electron chi connectivity index (χ3n) is 2.79. The fraction of sp³-hybridized carbons (Fsp3) is 0.214. The first-order valence-corrected chi connectivity index (χ1v) is 6.15. The number of aliphatic hydroxyl groups is 1. The van der Waals surface area contributed by atoms with Gasteiger partial charge in [-0.25, -0.2) is 9.97 Å². The second-order valence-corrected chi connectivity index (χ2v) is 4.19. The number of para-hydroxylation sites is 1. The molecule has 0 saturated carbocycles. The molecule has 0 saturated heterocycles. The van der Waals surface area contributed by atoms with Gasteiger partial charge >= 0.3 is 0 Å². The molecule has 0 aliphatic carbocycles. The van der Waals surface area contributed by atoms with Crippen LogP contribution in [-0.2, 0) is 0 Å². The summed E-state index contributed by atoms with van der Waals surface area (Å²) in [5, 5.41) is 21.1. The number of nitrogens with zero attached hydrogens (tertiary/aromatic N) is 4. The molecule has 6 heteroatoms. The lowest BCUT2D eigenvalue weighted by molar-refractivity contribution is 0.304. The molecule has 0 aliphatic rings. The van der Waals surface area contributed by atoms with Crippen LogP contribution in [0.1, 0.15) is 5.56 Å². The number of aromatic nitrogens is 2. The van der Waals surface area contributed by atoms with Gasteiger partial charge in [-0.05, 0) is 12.1 Å². The minimum absolute atomic E-state index is 0.0561. The highest BCUT2D eigenvalue weighted by atomic mass is 16.3. The van der Waals surface area contributed by atoms with Crippen LogP contribution in [0.2, 0.25) is 0 Å². The van der Waals surface area contributed by atoms with Gasteiger partial charge in [-0.15, -0.1) is 0 Å². The van der Waals surface area contributed by atoms with Crippen molar-refractivity contribution >= 4 is 17.3 Å². The smallest absolute Gasteiger partial charge is 0.135 e. The molecule has 0 amide bonds. The van der Waals surface area contributed by atoms with Crippen LogP contribution in [0.3, 0.4) is 0 Å². The Kier molecular flexibility index (Phi) is 4.47. The zero-order chi connectivity index (χ0) is 14.4. The molecule has 6 nitrogen and oxygen atoms in total. The van der Waals surface area contributed by atoms with Crippen molar-refractivity contribution in [3.63, 3.8) is 0 Å². The maximum atomic E-state index is 9.05. The van der Waals surface area contributed by atoms with Crippen LogP contribution in [0.5, 0.6) is 0 Å². The Balaban J connectivity index is 2.22. The van der Waals surface area contributed by atoms with Crippen molar-refractivity contribution in [3.8, 4) is 6.07 Å². The van der Waals surface area contributed by atoms with Gasteiger partial charge in [-0.1, -0.05) is 12.1 Å². The minimum Gasteiger partial charge on any atom is -0.395 e. The van der Waals surface area contributed by atoms with Crippen molar-refractivity contribution in [2.45, 2.75) is 0 Å². The molecule has 0 atom stereocenters. The highest BCUT2D eigenvalue weighted by molar-refractivity contribution is 5.65. The highest BCUT2D eigenvalue weighted by Crippen LogP contribution is 2.20. The monoisotopic (exact) mass is 269 g/mol. The van der Waals surface area contributed by atoms with Crippen LogP contribution in [0, 0.1) is 11.3 Å². The molecule has 2 N–H and O–H groups in total. The van der Waals surface area contributed by atoms with E-state index < -0.39 is 0 Å². The molecule has 0 unspecified atom stereocenters. The lowest BCUT2D eigenvalue weighted by Crippen LogP contribution is -2.22. The molecular weight excluding hydrogens is 254 g/mol. The zero-order valence-electron chi connectivity index (χ0n) is 11.1. The average Bonchev–Trinajstić information content (AvgIpc) is 2.48. The second kappa shape index (κ2) is 6.50. The lowest BCUT2D eigenvalue weighted by Gasteiger charge is -2.17. The number of anilines is 3. The summed E-state index contributed by atoms with van der Waals surface area (Å²) in [4.78, 5) is 10.1. The van der Waals surface area contributed by atoms with E-state index in [1.807, 2.05) is 30.1 Å². The van der Waals surface area contributed by atoms with E-state index in [0.29, 0.717) is 29.4 Å². The number of rotatable bonds is 5.